The van der Waals surface area contributed by atoms with Gasteiger partial charge in [-0.1, -0.05) is 17.9 Å². The quantitative estimate of drug-likeness (QED) is 0.581. The monoisotopic (exact) mass is 198 g/mol. The molecule has 1 rings (SSSR count). The smallest absolute Gasteiger partial charge is 0.0994 e. The Hall–Kier alpha value is -1.77. The van der Waals surface area contributed by atoms with Crippen molar-refractivity contribution in [3.8, 4) is 17.9 Å². The molecule has 0 fully saturated rings. The first-order valence-corrected chi connectivity index (χ1v) is 4.92. The molecule has 15 heavy (non-hydrogen) atoms. The molecule has 0 saturated heterocycles. The number of rotatable bonds is 2. The number of hydrogen-bond donors (Lipinski definition) is 1. The number of aryl methyl sites for hydroxylation is 1. The number of nitrogens with one attached hydrogen (secondary N) is 1. The van der Waals surface area contributed by atoms with E-state index in [9.17, 15) is 0 Å². The highest BCUT2D eigenvalue weighted by molar-refractivity contribution is 5.45. The Bertz CT molecular complexity index is 430. The molecule has 1 aromatic rings. The largest absolute Gasteiger partial charge is 0.319 e. The van der Waals surface area contributed by atoms with Crippen LogP contribution in [0.4, 0.5) is 0 Å². The lowest BCUT2D eigenvalue weighted by Gasteiger charge is -1.96. The highest BCUT2D eigenvalue weighted by Crippen LogP contribution is 2.08. The molecule has 2 heteroatoms. The van der Waals surface area contributed by atoms with E-state index >= 15 is 0 Å². The van der Waals surface area contributed by atoms with E-state index in [0.29, 0.717) is 5.56 Å². The second-order valence-electron chi connectivity index (χ2n) is 3.30. The van der Waals surface area contributed by atoms with Crippen molar-refractivity contribution in [2.45, 2.75) is 13.3 Å². The minimum Gasteiger partial charge on any atom is -0.319 e. The molecule has 0 aliphatic heterocycles. The van der Waals surface area contributed by atoms with Crippen LogP contribution in [0.15, 0.2) is 18.2 Å². The van der Waals surface area contributed by atoms with E-state index < -0.39 is 0 Å². The van der Waals surface area contributed by atoms with E-state index in [2.05, 4.69) is 23.2 Å². The summed E-state index contributed by atoms with van der Waals surface area (Å²) in [4.78, 5) is 0. The van der Waals surface area contributed by atoms with Gasteiger partial charge in [-0.05, 0) is 31.7 Å². The van der Waals surface area contributed by atoms with E-state index in [1.807, 2.05) is 32.2 Å². The Balaban J connectivity index is 2.78. The molecule has 0 bridgehead atoms. The Labute approximate surface area is 90.9 Å². The Morgan fingerprint density at radius 1 is 1.40 bits per heavy atom. The van der Waals surface area contributed by atoms with Crippen LogP contribution in [-0.2, 0) is 0 Å². The molecule has 1 aromatic carbocycles. The summed E-state index contributed by atoms with van der Waals surface area (Å²) in [5.41, 5.74) is 2.61. The first-order valence-electron chi connectivity index (χ1n) is 4.92. The summed E-state index contributed by atoms with van der Waals surface area (Å²) in [6.45, 7) is 2.82. The third-order valence-corrected chi connectivity index (χ3v) is 2.09. The molecule has 0 atom stereocenters. The highest BCUT2D eigenvalue weighted by atomic mass is 14.8. The van der Waals surface area contributed by atoms with Crippen molar-refractivity contribution < 1.29 is 0 Å². The van der Waals surface area contributed by atoms with Crippen molar-refractivity contribution in [3.63, 3.8) is 0 Å². The number of benzene rings is 1. The summed E-state index contributed by atoms with van der Waals surface area (Å²) in [7, 11) is 1.90. The molecule has 0 aliphatic rings. The molecule has 76 valence electrons. The molecular weight excluding hydrogens is 184 g/mol. The fourth-order valence-electron chi connectivity index (χ4n) is 1.17. The van der Waals surface area contributed by atoms with E-state index in [1.54, 1.807) is 0 Å². The lowest BCUT2D eigenvalue weighted by atomic mass is 10.1. The van der Waals surface area contributed by atoms with Gasteiger partial charge in [0.25, 0.3) is 0 Å². The minimum absolute atomic E-state index is 0.704. The number of nitrogens with zero attached hydrogens (tertiary/aromatic N) is 1. The lowest BCUT2D eigenvalue weighted by molar-refractivity contribution is 0.818. The maximum absolute atomic E-state index is 8.84. The zero-order chi connectivity index (χ0) is 11.1. The molecule has 0 aliphatic carbocycles. The van der Waals surface area contributed by atoms with E-state index in [1.165, 1.54) is 0 Å². The van der Waals surface area contributed by atoms with Crippen LogP contribution in [0.5, 0.6) is 0 Å². The van der Waals surface area contributed by atoms with Crippen molar-refractivity contribution in [1.29, 1.82) is 5.26 Å². The summed E-state index contributed by atoms with van der Waals surface area (Å²) in [5, 5.41) is 11.9. The van der Waals surface area contributed by atoms with Gasteiger partial charge in [0.2, 0.25) is 0 Å². The molecule has 0 radical (unpaired) electrons. The van der Waals surface area contributed by atoms with Gasteiger partial charge in [-0.2, -0.15) is 5.26 Å². The van der Waals surface area contributed by atoms with Gasteiger partial charge >= 0.3 is 0 Å². The van der Waals surface area contributed by atoms with E-state index in [0.717, 1.165) is 24.1 Å². The zero-order valence-corrected chi connectivity index (χ0v) is 9.09. The first kappa shape index (κ1) is 11.3. The highest BCUT2D eigenvalue weighted by Gasteiger charge is 1.96. The SMILES string of the molecule is CNCCC#Cc1ccc(C)c(C#N)c1. The van der Waals surface area contributed by atoms with Crippen LogP contribution in [0.25, 0.3) is 0 Å². The second kappa shape index (κ2) is 5.86. The molecule has 2 nitrogen and oxygen atoms in total. The van der Waals surface area contributed by atoms with Crippen LogP contribution in [0.2, 0.25) is 0 Å². The molecule has 0 saturated carbocycles. The number of hydrogen-bond acceptors (Lipinski definition) is 2. The molecule has 0 amide bonds. The summed E-state index contributed by atoms with van der Waals surface area (Å²) in [6.07, 6.45) is 0.826. The van der Waals surface area contributed by atoms with Gasteiger partial charge < -0.3 is 5.32 Å². The summed E-state index contributed by atoms with van der Waals surface area (Å²) < 4.78 is 0. The molecule has 0 aromatic heterocycles. The van der Waals surface area contributed by atoms with Crippen molar-refractivity contribution in [1.82, 2.24) is 5.32 Å². The maximum atomic E-state index is 8.84. The Morgan fingerprint density at radius 3 is 2.87 bits per heavy atom. The van der Waals surface area contributed by atoms with Gasteiger partial charge in [0.15, 0.2) is 0 Å². The van der Waals surface area contributed by atoms with Gasteiger partial charge in [-0.25, -0.2) is 0 Å². The maximum Gasteiger partial charge on any atom is 0.0994 e. The zero-order valence-electron chi connectivity index (χ0n) is 9.09. The molecule has 0 unspecified atom stereocenters. The van der Waals surface area contributed by atoms with Crippen LogP contribution in [0.3, 0.4) is 0 Å². The Morgan fingerprint density at radius 2 is 2.20 bits per heavy atom. The van der Waals surface area contributed by atoms with Gasteiger partial charge in [0.05, 0.1) is 11.6 Å². The average molecular weight is 198 g/mol. The van der Waals surface area contributed by atoms with Crippen molar-refractivity contribution >= 4 is 0 Å². The summed E-state index contributed by atoms with van der Waals surface area (Å²) in [6, 6.07) is 7.87. The first-order chi connectivity index (χ1) is 7.27. The second-order valence-corrected chi connectivity index (χ2v) is 3.30. The van der Waals surface area contributed by atoms with Crippen molar-refractivity contribution in [2.75, 3.05) is 13.6 Å². The standard InChI is InChI=1S/C13H14N2/c1-11-6-7-12(9-13(11)10-14)5-3-4-8-15-2/h6-7,9,15H,4,8H2,1-2H3. The summed E-state index contributed by atoms with van der Waals surface area (Å²) in [5.74, 6) is 6.09. The van der Waals surface area contributed by atoms with Gasteiger partial charge in [-0.3, -0.25) is 0 Å². The average Bonchev–Trinajstić information content (AvgIpc) is 2.26. The predicted molar refractivity (Wildman–Crippen MR) is 61.3 cm³/mol. The van der Waals surface area contributed by atoms with Crippen LogP contribution >= 0.6 is 0 Å². The van der Waals surface area contributed by atoms with E-state index in [4.69, 9.17) is 5.26 Å². The molecule has 0 heterocycles. The molecule has 1 N–H and O–H groups in total. The topological polar surface area (TPSA) is 35.8 Å². The van der Waals surface area contributed by atoms with E-state index in [-0.39, 0.29) is 0 Å². The summed E-state index contributed by atoms with van der Waals surface area (Å²) >= 11 is 0. The fraction of sp³-hybridized carbons (Fsp3) is 0.308. The van der Waals surface area contributed by atoms with Gasteiger partial charge in [0.1, 0.15) is 0 Å². The Kier molecular flexibility index (Phi) is 4.41. The van der Waals surface area contributed by atoms with Gasteiger partial charge in [0, 0.05) is 18.5 Å². The predicted octanol–water partition coefficient (Wildman–Crippen LogP) is 1.83. The fourth-order valence-corrected chi connectivity index (χ4v) is 1.17. The minimum atomic E-state index is 0.704. The van der Waals surface area contributed by atoms with Crippen LogP contribution in [0.1, 0.15) is 23.1 Å². The normalized spacial score (nSPS) is 8.87. The third-order valence-electron chi connectivity index (χ3n) is 2.09. The lowest BCUT2D eigenvalue weighted by Crippen LogP contribution is -2.05. The van der Waals surface area contributed by atoms with Crippen molar-refractivity contribution in [3.05, 3.63) is 34.9 Å². The van der Waals surface area contributed by atoms with Crippen molar-refractivity contribution in [2.24, 2.45) is 0 Å². The molecular formula is C13H14N2. The third kappa shape index (κ3) is 3.46. The van der Waals surface area contributed by atoms with Crippen LogP contribution in [-0.4, -0.2) is 13.6 Å². The number of nitriles is 1. The van der Waals surface area contributed by atoms with Crippen LogP contribution in [0, 0.1) is 30.1 Å². The molecule has 0 spiro atoms. The van der Waals surface area contributed by atoms with Gasteiger partial charge in [-0.15, -0.1) is 0 Å². The van der Waals surface area contributed by atoms with Crippen LogP contribution < -0.4 is 5.32 Å².